The number of benzene rings is 1. The fourth-order valence-electron chi connectivity index (χ4n) is 3.40. The molecule has 1 aliphatic rings. The largest absolute Gasteiger partial charge is 0.415 e. The number of piperazine rings is 1. The van der Waals surface area contributed by atoms with Crippen molar-refractivity contribution in [3.05, 3.63) is 72.3 Å². The minimum absolute atomic E-state index is 0.141. The predicted octanol–water partition coefficient (Wildman–Crippen LogP) is 2.55. The van der Waals surface area contributed by atoms with E-state index < -0.39 is 0 Å². The van der Waals surface area contributed by atoms with Gasteiger partial charge in [-0.2, -0.15) is 12.6 Å². The van der Waals surface area contributed by atoms with Crippen molar-refractivity contribution in [2.45, 2.75) is 11.8 Å². The molecule has 8 nitrogen and oxygen atoms in total. The van der Waals surface area contributed by atoms with Crippen molar-refractivity contribution < 1.29 is 9.53 Å². The van der Waals surface area contributed by atoms with Crippen LogP contribution in [0.5, 0.6) is 5.75 Å². The summed E-state index contributed by atoms with van der Waals surface area (Å²) in [6.45, 7) is 3.57. The number of amides is 1. The molecule has 0 bridgehead atoms. The average molecular weight is 425 g/mol. The van der Waals surface area contributed by atoms with Gasteiger partial charge in [-0.15, -0.1) is 0 Å². The van der Waals surface area contributed by atoms with Gasteiger partial charge in [0.1, 0.15) is 17.9 Å². The molecular formula is C21H24N6O2S. The van der Waals surface area contributed by atoms with Crippen LogP contribution in [0.4, 0.5) is 4.79 Å². The molecule has 3 aromatic rings. The monoisotopic (exact) mass is 424 g/mol. The number of hydrogen-bond donors (Lipinski definition) is 1. The Morgan fingerprint density at radius 2 is 1.87 bits per heavy atom. The van der Waals surface area contributed by atoms with Crippen LogP contribution in [0, 0.1) is 0 Å². The molecule has 1 fully saturated rings. The first-order valence-electron chi connectivity index (χ1n) is 9.79. The molecule has 4 rings (SSSR count). The van der Waals surface area contributed by atoms with E-state index in [0.29, 0.717) is 18.8 Å². The predicted molar refractivity (Wildman–Crippen MR) is 115 cm³/mol. The summed E-state index contributed by atoms with van der Waals surface area (Å²) >= 11 is 4.66. The van der Waals surface area contributed by atoms with Gasteiger partial charge in [0, 0.05) is 58.4 Å². The van der Waals surface area contributed by atoms with E-state index in [-0.39, 0.29) is 11.3 Å². The lowest BCUT2D eigenvalue weighted by molar-refractivity contribution is 0.107. The molecule has 0 aliphatic carbocycles. The van der Waals surface area contributed by atoms with E-state index in [9.17, 15) is 4.79 Å². The summed E-state index contributed by atoms with van der Waals surface area (Å²) in [5.41, 5.74) is 1.97. The molecule has 1 aromatic carbocycles. The third-order valence-corrected chi connectivity index (χ3v) is 5.69. The third-order valence-electron chi connectivity index (χ3n) is 5.16. The number of hydrogen-bond acceptors (Lipinski definition) is 7. The zero-order valence-corrected chi connectivity index (χ0v) is 17.7. The lowest BCUT2D eigenvalue weighted by atomic mass is 10.1. The van der Waals surface area contributed by atoms with Crippen LogP contribution in [0.3, 0.4) is 0 Å². The molecule has 1 aliphatic heterocycles. The fraction of sp³-hybridized carbons (Fsp3) is 0.333. The number of carbonyl (C=O) groups is 1. The van der Waals surface area contributed by atoms with E-state index in [2.05, 4.69) is 32.5 Å². The smallest absolute Gasteiger partial charge is 0.410 e. The first kappa shape index (κ1) is 20.4. The molecule has 30 heavy (non-hydrogen) atoms. The van der Waals surface area contributed by atoms with Gasteiger partial charge in [-0.1, -0.05) is 12.1 Å². The Bertz CT molecular complexity index is 971. The number of imidazole rings is 1. The summed E-state index contributed by atoms with van der Waals surface area (Å²) in [6.07, 6.45) is 6.62. The van der Waals surface area contributed by atoms with Gasteiger partial charge in [0.05, 0.1) is 10.9 Å². The number of aromatic nitrogens is 4. The highest BCUT2D eigenvalue weighted by atomic mass is 32.1. The topological polar surface area (TPSA) is 76.4 Å². The van der Waals surface area contributed by atoms with Crippen LogP contribution in [-0.4, -0.2) is 61.6 Å². The molecular weight excluding hydrogens is 400 g/mol. The highest BCUT2D eigenvalue weighted by molar-refractivity contribution is 7.80. The molecule has 9 heteroatoms. The molecule has 1 saturated heterocycles. The van der Waals surface area contributed by atoms with Crippen molar-refractivity contribution in [3.8, 4) is 5.75 Å². The highest BCUT2D eigenvalue weighted by Crippen LogP contribution is 2.28. The van der Waals surface area contributed by atoms with Crippen molar-refractivity contribution in [2.75, 3.05) is 26.2 Å². The van der Waals surface area contributed by atoms with Crippen LogP contribution in [0.15, 0.2) is 55.2 Å². The van der Waals surface area contributed by atoms with Crippen LogP contribution in [0.1, 0.15) is 22.3 Å². The number of carbonyl (C=O) groups excluding carboxylic acids is 1. The summed E-state index contributed by atoms with van der Waals surface area (Å²) in [6, 6.07) is 9.33. The van der Waals surface area contributed by atoms with Crippen molar-refractivity contribution in [1.82, 2.24) is 29.3 Å². The van der Waals surface area contributed by atoms with E-state index in [1.165, 1.54) is 0 Å². The summed E-state index contributed by atoms with van der Waals surface area (Å²) in [5, 5.41) is -0.141. The van der Waals surface area contributed by atoms with Crippen LogP contribution < -0.4 is 4.74 Å². The van der Waals surface area contributed by atoms with Gasteiger partial charge in [-0.25, -0.2) is 19.7 Å². The molecule has 1 atom stereocenters. The van der Waals surface area contributed by atoms with E-state index in [1.807, 2.05) is 36.0 Å². The maximum absolute atomic E-state index is 12.5. The number of nitrogens with zero attached hydrogens (tertiary/aromatic N) is 6. The van der Waals surface area contributed by atoms with Gasteiger partial charge >= 0.3 is 6.09 Å². The molecule has 0 radical (unpaired) electrons. The summed E-state index contributed by atoms with van der Waals surface area (Å²) < 4.78 is 7.50. The van der Waals surface area contributed by atoms with E-state index in [0.717, 1.165) is 36.7 Å². The van der Waals surface area contributed by atoms with Gasteiger partial charge in [-0.3, -0.25) is 4.90 Å². The quantitative estimate of drug-likeness (QED) is 0.635. The molecule has 0 spiro atoms. The van der Waals surface area contributed by atoms with Gasteiger partial charge < -0.3 is 14.2 Å². The maximum atomic E-state index is 12.5. The minimum atomic E-state index is -0.323. The minimum Gasteiger partial charge on any atom is -0.410 e. The number of ether oxygens (including phenoxy) is 1. The molecule has 156 valence electrons. The van der Waals surface area contributed by atoms with Crippen molar-refractivity contribution in [2.24, 2.45) is 7.05 Å². The second kappa shape index (κ2) is 9.27. The number of rotatable bonds is 5. The van der Waals surface area contributed by atoms with Crippen LogP contribution in [-0.2, 0) is 13.6 Å². The summed E-state index contributed by atoms with van der Waals surface area (Å²) in [7, 11) is 1.94. The first-order chi connectivity index (χ1) is 14.6. The first-order valence-corrected chi connectivity index (χ1v) is 10.3. The number of thiol groups is 1. The Morgan fingerprint density at radius 3 is 2.50 bits per heavy atom. The Labute approximate surface area is 180 Å². The number of aryl methyl sites for hydroxylation is 1. The van der Waals surface area contributed by atoms with Crippen molar-refractivity contribution in [1.29, 1.82) is 0 Å². The maximum Gasteiger partial charge on any atom is 0.415 e. The van der Waals surface area contributed by atoms with Crippen LogP contribution in [0.25, 0.3) is 0 Å². The molecule has 0 saturated carbocycles. The summed E-state index contributed by atoms with van der Waals surface area (Å²) in [5.74, 6) is 1.38. The fourth-order valence-corrected chi connectivity index (χ4v) is 3.82. The Balaban J connectivity index is 1.28. The second-order valence-corrected chi connectivity index (χ2v) is 7.72. The van der Waals surface area contributed by atoms with Crippen LogP contribution >= 0.6 is 12.6 Å². The molecule has 1 unspecified atom stereocenters. The zero-order valence-electron chi connectivity index (χ0n) is 16.8. The normalized spacial score (nSPS) is 15.7. The lowest BCUT2D eigenvalue weighted by Gasteiger charge is -2.33. The molecule has 2 aromatic heterocycles. The SMILES string of the molecule is Cn1ccnc1C(S)c1ccc(OC(=O)N2CCN(Cc3ccncn3)CC2)cc1. The molecule has 0 N–H and O–H groups in total. The Kier molecular flexibility index (Phi) is 6.29. The molecule has 3 heterocycles. The van der Waals surface area contributed by atoms with Gasteiger partial charge in [0.2, 0.25) is 0 Å². The van der Waals surface area contributed by atoms with Gasteiger partial charge in [0.25, 0.3) is 0 Å². The standard InChI is InChI=1S/C21H24N6O2S/c1-25-9-8-23-20(25)19(30)16-2-4-18(5-3-16)29-21(28)27-12-10-26(11-13-27)14-17-6-7-22-15-24-17/h2-9,15,19,30H,10-14H2,1H3. The highest BCUT2D eigenvalue weighted by Gasteiger charge is 2.23. The van der Waals surface area contributed by atoms with E-state index >= 15 is 0 Å². The van der Waals surface area contributed by atoms with Gasteiger partial charge in [-0.05, 0) is 23.8 Å². The Hall–Kier alpha value is -2.91. The zero-order chi connectivity index (χ0) is 20.9. The molecule has 1 amide bonds. The van der Waals surface area contributed by atoms with Gasteiger partial charge in [0.15, 0.2) is 0 Å². The van der Waals surface area contributed by atoms with Crippen molar-refractivity contribution >= 4 is 18.7 Å². The van der Waals surface area contributed by atoms with E-state index in [1.54, 1.807) is 35.8 Å². The Morgan fingerprint density at radius 1 is 1.10 bits per heavy atom. The average Bonchev–Trinajstić information content (AvgIpc) is 3.21. The third kappa shape index (κ3) is 4.80. The van der Waals surface area contributed by atoms with Crippen molar-refractivity contribution in [3.63, 3.8) is 0 Å². The lowest BCUT2D eigenvalue weighted by Crippen LogP contribution is -2.49. The summed E-state index contributed by atoms with van der Waals surface area (Å²) in [4.78, 5) is 29.1. The second-order valence-electron chi connectivity index (χ2n) is 7.20. The van der Waals surface area contributed by atoms with E-state index in [4.69, 9.17) is 4.74 Å². The van der Waals surface area contributed by atoms with Crippen LogP contribution in [0.2, 0.25) is 0 Å².